The van der Waals surface area contributed by atoms with Gasteiger partial charge in [0.05, 0.1) is 17.2 Å². The van der Waals surface area contributed by atoms with Crippen LogP contribution < -0.4 is 10.6 Å². The smallest absolute Gasteiger partial charge is 0.320 e. The topological polar surface area (TPSA) is 66.9 Å². The molecule has 142 valence electrons. The molecular weight excluding hydrogens is 360 g/mol. The molecule has 0 aliphatic heterocycles. The number of urea groups is 1. The zero-order valence-electron chi connectivity index (χ0n) is 15.7. The third-order valence-corrected chi connectivity index (χ3v) is 5.23. The minimum absolute atomic E-state index is 0.162. The third-order valence-electron chi connectivity index (χ3n) is 5.23. The molecule has 5 heteroatoms. The van der Waals surface area contributed by atoms with E-state index in [1.54, 1.807) is 6.20 Å². The van der Waals surface area contributed by atoms with Gasteiger partial charge in [-0.3, -0.25) is 10.3 Å². The van der Waals surface area contributed by atoms with Crippen molar-refractivity contribution >= 4 is 22.9 Å². The van der Waals surface area contributed by atoms with Crippen LogP contribution in [0.15, 0.2) is 85.1 Å². The van der Waals surface area contributed by atoms with E-state index in [9.17, 15) is 4.79 Å². The van der Waals surface area contributed by atoms with E-state index in [1.165, 1.54) is 5.56 Å². The van der Waals surface area contributed by atoms with Gasteiger partial charge in [0.1, 0.15) is 0 Å². The average molecular weight is 380 g/mol. The van der Waals surface area contributed by atoms with Gasteiger partial charge in [-0.25, -0.2) is 9.78 Å². The molecule has 1 saturated carbocycles. The quantitative estimate of drug-likeness (QED) is 0.525. The Hall–Kier alpha value is -3.73. The van der Waals surface area contributed by atoms with Crippen molar-refractivity contribution in [2.75, 3.05) is 5.32 Å². The fourth-order valence-electron chi connectivity index (χ4n) is 3.63. The summed E-state index contributed by atoms with van der Waals surface area (Å²) >= 11 is 0. The van der Waals surface area contributed by atoms with Crippen LogP contribution >= 0.6 is 0 Å². The third kappa shape index (κ3) is 3.80. The fourth-order valence-corrected chi connectivity index (χ4v) is 3.63. The lowest BCUT2D eigenvalue weighted by atomic mass is 10.1. The Kier molecular flexibility index (Phi) is 4.41. The Labute approximate surface area is 168 Å². The molecule has 4 aromatic rings. The molecule has 1 fully saturated rings. The van der Waals surface area contributed by atoms with Crippen LogP contribution in [0.2, 0.25) is 0 Å². The summed E-state index contributed by atoms with van der Waals surface area (Å²) in [6.07, 6.45) is 2.55. The molecule has 1 aromatic heterocycles. The number of fused-ring (bicyclic) bond motifs is 1. The molecule has 0 spiro atoms. The van der Waals surface area contributed by atoms with E-state index in [0.717, 1.165) is 28.6 Å². The molecule has 5 nitrogen and oxygen atoms in total. The van der Waals surface area contributed by atoms with Crippen LogP contribution in [-0.4, -0.2) is 22.0 Å². The Morgan fingerprint density at radius 2 is 1.62 bits per heavy atom. The maximum atomic E-state index is 12.4. The molecule has 3 aromatic carbocycles. The molecule has 0 radical (unpaired) electrons. The van der Waals surface area contributed by atoms with Crippen molar-refractivity contribution in [1.82, 2.24) is 15.3 Å². The number of anilines is 1. The normalized spacial score (nSPS) is 17.7. The lowest BCUT2D eigenvalue weighted by Gasteiger charge is -2.08. The van der Waals surface area contributed by atoms with Crippen LogP contribution in [0.3, 0.4) is 0 Å². The van der Waals surface area contributed by atoms with E-state index < -0.39 is 0 Å². The molecule has 2 amide bonds. The summed E-state index contributed by atoms with van der Waals surface area (Å²) in [7, 11) is 0. The first-order valence-electron chi connectivity index (χ1n) is 9.71. The van der Waals surface area contributed by atoms with Crippen LogP contribution in [0.4, 0.5) is 10.6 Å². The summed E-state index contributed by atoms with van der Waals surface area (Å²) in [5.74, 6) is 0.829. The van der Waals surface area contributed by atoms with E-state index in [0.29, 0.717) is 11.7 Å². The van der Waals surface area contributed by atoms with Gasteiger partial charge in [0, 0.05) is 12.0 Å². The summed E-state index contributed by atoms with van der Waals surface area (Å²) in [6, 6.07) is 26.3. The maximum absolute atomic E-state index is 12.4. The highest BCUT2D eigenvalue weighted by molar-refractivity contribution is 5.90. The predicted molar refractivity (Wildman–Crippen MR) is 115 cm³/mol. The van der Waals surface area contributed by atoms with Gasteiger partial charge < -0.3 is 5.32 Å². The van der Waals surface area contributed by atoms with Gasteiger partial charge in [-0.15, -0.1) is 0 Å². The lowest BCUT2D eigenvalue weighted by molar-refractivity contribution is 0.251. The fraction of sp³-hybridized carbons (Fsp3) is 0.125. The number of rotatable bonds is 4. The molecule has 5 rings (SSSR count). The van der Waals surface area contributed by atoms with Crippen LogP contribution in [0, 0.1) is 0 Å². The first-order chi connectivity index (χ1) is 14.3. The van der Waals surface area contributed by atoms with Crippen molar-refractivity contribution < 1.29 is 4.79 Å². The summed E-state index contributed by atoms with van der Waals surface area (Å²) in [6.45, 7) is 0. The number of hydrogen-bond acceptors (Lipinski definition) is 3. The second-order valence-corrected chi connectivity index (χ2v) is 7.28. The zero-order chi connectivity index (χ0) is 19.6. The average Bonchev–Trinajstić information content (AvgIpc) is 3.53. The number of amides is 2. The first-order valence-corrected chi connectivity index (χ1v) is 9.71. The van der Waals surface area contributed by atoms with E-state index in [2.05, 4.69) is 44.9 Å². The largest absolute Gasteiger partial charge is 0.334 e. The van der Waals surface area contributed by atoms with E-state index >= 15 is 0 Å². The highest BCUT2D eigenvalue weighted by Gasteiger charge is 2.39. The lowest BCUT2D eigenvalue weighted by Crippen LogP contribution is -2.31. The minimum atomic E-state index is -0.249. The summed E-state index contributed by atoms with van der Waals surface area (Å²) in [5.41, 5.74) is 4.99. The predicted octanol–water partition coefficient (Wildman–Crippen LogP) is 4.97. The minimum Gasteiger partial charge on any atom is -0.334 e. The molecular formula is C24H20N4O. The molecule has 0 bridgehead atoms. The van der Waals surface area contributed by atoms with Crippen molar-refractivity contribution in [3.8, 4) is 11.1 Å². The standard InChI is InChI=1S/C24H20N4O/c29-24(27-21-14-19(21)17-9-5-2-6-10-17)28-23-15-25-20-12-11-18(13-22(20)26-23)16-7-3-1-4-8-16/h1-13,15,19,21H,14H2,(H2,26,27,28,29)/t19-,21?/m0/s1. The second kappa shape index (κ2) is 7.36. The Morgan fingerprint density at radius 1 is 0.862 bits per heavy atom. The first kappa shape index (κ1) is 17.4. The highest BCUT2D eigenvalue weighted by Crippen LogP contribution is 2.40. The molecule has 1 aliphatic carbocycles. The van der Waals surface area contributed by atoms with Gasteiger partial charge in [0.15, 0.2) is 5.82 Å². The van der Waals surface area contributed by atoms with E-state index in [4.69, 9.17) is 0 Å². The SMILES string of the molecule is O=C(Nc1cnc2ccc(-c3ccccc3)cc2n1)NC1C[C@H]1c1ccccc1. The van der Waals surface area contributed by atoms with Crippen molar-refractivity contribution in [2.45, 2.75) is 18.4 Å². The van der Waals surface area contributed by atoms with Gasteiger partial charge in [0.25, 0.3) is 0 Å². The van der Waals surface area contributed by atoms with Gasteiger partial charge in [0.2, 0.25) is 0 Å². The second-order valence-electron chi connectivity index (χ2n) is 7.28. The van der Waals surface area contributed by atoms with Crippen molar-refractivity contribution in [3.63, 3.8) is 0 Å². The number of nitrogens with one attached hydrogen (secondary N) is 2. The van der Waals surface area contributed by atoms with Crippen molar-refractivity contribution in [1.29, 1.82) is 0 Å². The summed E-state index contributed by atoms with van der Waals surface area (Å²) in [4.78, 5) is 21.4. The number of carbonyl (C=O) groups excluding carboxylic acids is 1. The van der Waals surface area contributed by atoms with Gasteiger partial charge in [-0.05, 0) is 35.2 Å². The molecule has 2 N–H and O–H groups in total. The maximum Gasteiger partial charge on any atom is 0.320 e. The Morgan fingerprint density at radius 3 is 2.41 bits per heavy atom. The highest BCUT2D eigenvalue weighted by atomic mass is 16.2. The van der Waals surface area contributed by atoms with Crippen LogP contribution in [0.1, 0.15) is 17.9 Å². The molecule has 1 heterocycles. The van der Waals surface area contributed by atoms with Gasteiger partial charge in [-0.1, -0.05) is 66.7 Å². The molecule has 0 saturated heterocycles. The van der Waals surface area contributed by atoms with Gasteiger partial charge >= 0.3 is 6.03 Å². The number of nitrogens with zero attached hydrogens (tertiary/aromatic N) is 2. The number of hydrogen-bond donors (Lipinski definition) is 2. The van der Waals surface area contributed by atoms with E-state index in [1.807, 2.05) is 54.6 Å². The summed E-state index contributed by atoms with van der Waals surface area (Å²) in [5, 5.41) is 5.83. The van der Waals surface area contributed by atoms with E-state index in [-0.39, 0.29) is 12.1 Å². The van der Waals surface area contributed by atoms with Crippen molar-refractivity contribution in [3.05, 3.63) is 90.6 Å². The number of aromatic nitrogens is 2. The Balaban J connectivity index is 1.28. The van der Waals surface area contributed by atoms with Crippen LogP contribution in [0.25, 0.3) is 22.2 Å². The van der Waals surface area contributed by atoms with Crippen molar-refractivity contribution in [2.24, 2.45) is 0 Å². The monoisotopic (exact) mass is 380 g/mol. The molecule has 2 atom stereocenters. The van der Waals surface area contributed by atoms with Crippen LogP contribution in [-0.2, 0) is 0 Å². The summed E-state index contributed by atoms with van der Waals surface area (Å²) < 4.78 is 0. The number of benzene rings is 3. The Bertz CT molecular complexity index is 1160. The molecule has 1 aliphatic rings. The van der Waals surface area contributed by atoms with Gasteiger partial charge in [-0.2, -0.15) is 0 Å². The zero-order valence-corrected chi connectivity index (χ0v) is 15.7. The van der Waals surface area contributed by atoms with Crippen LogP contribution in [0.5, 0.6) is 0 Å². The number of carbonyl (C=O) groups is 1. The molecule has 29 heavy (non-hydrogen) atoms. The molecule has 1 unspecified atom stereocenters.